The number of likely N-dealkylation sites (tertiary alicyclic amines) is 2. The summed E-state index contributed by atoms with van der Waals surface area (Å²) in [6.07, 6.45) is 6.74. The van der Waals surface area contributed by atoms with Gasteiger partial charge in [-0.3, -0.25) is 4.90 Å². The van der Waals surface area contributed by atoms with Gasteiger partial charge in [0.15, 0.2) is 5.82 Å². The van der Waals surface area contributed by atoms with Gasteiger partial charge in [-0.2, -0.15) is 25.0 Å². The van der Waals surface area contributed by atoms with E-state index in [1.807, 2.05) is 29.8 Å². The van der Waals surface area contributed by atoms with Crippen molar-refractivity contribution < 1.29 is 18.3 Å². The fraction of sp³-hybridized carbons (Fsp3) is 0.412. The fourth-order valence-electron chi connectivity index (χ4n) is 7.97. The molecule has 2 N–H and O–H groups in total. The molecule has 0 bridgehead atoms. The van der Waals surface area contributed by atoms with E-state index in [1.165, 1.54) is 29.5 Å². The number of halogens is 3. The molecule has 3 aromatic heterocycles. The van der Waals surface area contributed by atoms with Crippen molar-refractivity contribution in [1.29, 1.82) is 5.26 Å². The van der Waals surface area contributed by atoms with Crippen molar-refractivity contribution in [2.75, 3.05) is 43.9 Å². The Hall–Kier alpha value is -4.65. The number of thiophene rings is 1. The van der Waals surface area contributed by atoms with E-state index in [1.54, 1.807) is 6.07 Å². The largest absolute Gasteiger partial charge is 0.459 e. The zero-order chi connectivity index (χ0) is 34.9. The lowest BCUT2D eigenvalue weighted by atomic mass is 9.78. The average Bonchev–Trinajstić information content (AvgIpc) is 3.86. The molecule has 0 radical (unpaired) electrons. The lowest BCUT2D eigenvalue weighted by molar-refractivity contribution is 0.0117. The van der Waals surface area contributed by atoms with Gasteiger partial charge in [-0.25, -0.2) is 18.6 Å². The monoisotopic (exact) mass is 718 g/mol. The van der Waals surface area contributed by atoms with Crippen LogP contribution in [0.25, 0.3) is 32.1 Å². The van der Waals surface area contributed by atoms with Crippen LogP contribution in [0.15, 0.2) is 30.9 Å². The van der Waals surface area contributed by atoms with Crippen LogP contribution in [0.5, 0.6) is 6.01 Å². The molecular formula is C34H33ClF2N10O2S. The Balaban J connectivity index is 1.27. The van der Waals surface area contributed by atoms with Crippen LogP contribution >= 0.6 is 22.9 Å². The van der Waals surface area contributed by atoms with E-state index in [0.29, 0.717) is 30.8 Å². The van der Waals surface area contributed by atoms with E-state index in [0.717, 1.165) is 50.0 Å². The zero-order valence-corrected chi connectivity index (χ0v) is 28.9. The highest BCUT2D eigenvalue weighted by molar-refractivity contribution is 7.23. The number of hydrogen-bond acceptors (Lipinski definition) is 11. The normalized spacial score (nSPS) is 21.6. The number of nitrogen functional groups attached to an aromatic ring is 1. The van der Waals surface area contributed by atoms with Gasteiger partial charge in [-0.1, -0.05) is 17.7 Å². The summed E-state index contributed by atoms with van der Waals surface area (Å²) in [5, 5.41) is 14.7. The minimum atomic E-state index is -0.758. The summed E-state index contributed by atoms with van der Waals surface area (Å²) < 4.78 is 39.8. The summed E-state index contributed by atoms with van der Waals surface area (Å²) in [5.74, 6) is -0.895. The Kier molecular flexibility index (Phi) is 8.00. The summed E-state index contributed by atoms with van der Waals surface area (Å²) in [6, 6.07) is 6.17. The zero-order valence-electron chi connectivity index (χ0n) is 27.4. The number of piperidine rings is 1. The van der Waals surface area contributed by atoms with E-state index >= 15 is 4.39 Å². The first-order chi connectivity index (χ1) is 24.1. The summed E-state index contributed by atoms with van der Waals surface area (Å²) in [6.45, 7) is 4.52. The Morgan fingerprint density at radius 1 is 1.22 bits per heavy atom. The molecule has 3 fully saturated rings. The molecule has 3 atom stereocenters. The van der Waals surface area contributed by atoms with Crippen molar-refractivity contribution in [3.63, 3.8) is 0 Å². The molecule has 2 aromatic carbocycles. The highest BCUT2D eigenvalue weighted by Gasteiger charge is 2.50. The number of ether oxygens (including phenoxy) is 1. The van der Waals surface area contributed by atoms with Crippen LogP contribution in [-0.4, -0.2) is 91.5 Å². The van der Waals surface area contributed by atoms with E-state index in [2.05, 4.69) is 20.0 Å². The molecular weight excluding hydrogens is 686 g/mol. The second-order valence-electron chi connectivity index (χ2n) is 13.3. The number of nitrogens with two attached hydrogens (primary N) is 1. The van der Waals surface area contributed by atoms with Crippen LogP contribution in [0.2, 0.25) is 5.02 Å². The molecule has 6 heterocycles. The number of rotatable bonds is 5. The van der Waals surface area contributed by atoms with Crippen molar-refractivity contribution in [1.82, 2.24) is 34.5 Å². The van der Waals surface area contributed by atoms with Gasteiger partial charge in [0.1, 0.15) is 47.0 Å². The van der Waals surface area contributed by atoms with Crippen LogP contribution in [0, 0.1) is 23.0 Å². The molecule has 3 saturated heterocycles. The van der Waals surface area contributed by atoms with Crippen LogP contribution in [0.4, 0.5) is 24.4 Å². The third kappa shape index (κ3) is 5.11. The smallest absolute Gasteiger partial charge is 0.346 e. The number of anilines is 2. The average molecular weight is 719 g/mol. The first-order valence-electron chi connectivity index (χ1n) is 16.5. The predicted molar refractivity (Wildman–Crippen MR) is 186 cm³/mol. The predicted octanol–water partition coefficient (Wildman–Crippen LogP) is 6.06. The Morgan fingerprint density at radius 2 is 2.06 bits per heavy atom. The van der Waals surface area contributed by atoms with Gasteiger partial charge in [0.2, 0.25) is 0 Å². The van der Waals surface area contributed by atoms with Crippen LogP contribution in [0.3, 0.4) is 0 Å². The van der Waals surface area contributed by atoms with Gasteiger partial charge in [0.25, 0.3) is 0 Å². The second kappa shape index (κ2) is 12.3. The number of nitrogens with zero attached hydrogens (tertiary/aromatic N) is 9. The molecule has 1 amide bonds. The summed E-state index contributed by atoms with van der Waals surface area (Å²) >= 11 is 7.84. The Bertz CT molecular complexity index is 2210. The van der Waals surface area contributed by atoms with E-state index < -0.39 is 17.2 Å². The third-order valence-electron chi connectivity index (χ3n) is 10.5. The third-order valence-corrected chi connectivity index (χ3v) is 11.9. The van der Waals surface area contributed by atoms with Crippen LogP contribution < -0.4 is 15.4 Å². The standard InChI is InChI=1S/C34H33ClF2N10O2S/c1-18(24-5-3-10-44(24)2)49-32-42-28-20(13-22(35)26(27(28)37)19-6-7-23(36)29-25(19)21(14-38)30(39)50-29)31(43-32)45-11-4-8-34(15-45)9-12-46(34)33(48)47-17-40-16-41-47/h6-7,13,16-18,24H,3-5,8-12,15,39H2,1-2H3/t18?,24-,34?/m0/s1. The van der Waals surface area contributed by atoms with Gasteiger partial charge in [-0.15, -0.1) is 11.3 Å². The second-order valence-corrected chi connectivity index (χ2v) is 14.8. The van der Waals surface area contributed by atoms with Gasteiger partial charge in [0, 0.05) is 42.0 Å². The number of aromatic nitrogens is 5. The van der Waals surface area contributed by atoms with Gasteiger partial charge in [-0.05, 0) is 70.3 Å². The van der Waals surface area contributed by atoms with E-state index in [4.69, 9.17) is 27.1 Å². The van der Waals surface area contributed by atoms with Gasteiger partial charge in [0.05, 0.1) is 20.8 Å². The topological polar surface area (TPSA) is 142 Å². The number of likely N-dealkylation sites (N-methyl/N-ethyl adjacent to an activating group) is 1. The maximum Gasteiger partial charge on any atom is 0.346 e. The molecule has 1 spiro atoms. The SMILES string of the molecule is CC(Oc1nc(N2CCCC3(CCN3C(=O)n3cncn3)C2)c2cc(Cl)c(-c3ccc(F)c4sc(N)c(C#N)c34)c(F)c2n1)[C@@H]1CCCN1C. The number of carbonyl (C=O) groups excluding carboxylic acids is 1. The fourth-order valence-corrected chi connectivity index (χ4v) is 9.21. The van der Waals surface area contributed by atoms with Gasteiger partial charge < -0.3 is 20.3 Å². The highest BCUT2D eigenvalue weighted by atomic mass is 35.5. The Morgan fingerprint density at radius 3 is 2.76 bits per heavy atom. The van der Waals surface area contributed by atoms with Crippen molar-refractivity contribution in [2.24, 2.45) is 0 Å². The number of fused-ring (bicyclic) bond motifs is 2. The summed E-state index contributed by atoms with van der Waals surface area (Å²) in [4.78, 5) is 32.9. The first-order valence-corrected chi connectivity index (χ1v) is 17.7. The van der Waals surface area contributed by atoms with Gasteiger partial charge >= 0.3 is 12.0 Å². The number of hydrogen-bond donors (Lipinski definition) is 1. The quantitative estimate of drug-likeness (QED) is 0.228. The summed E-state index contributed by atoms with van der Waals surface area (Å²) in [7, 11) is 2.05. The maximum absolute atomic E-state index is 17.1. The molecule has 8 rings (SSSR count). The molecule has 2 unspecified atom stereocenters. The highest BCUT2D eigenvalue weighted by Crippen LogP contribution is 2.47. The molecule has 50 heavy (non-hydrogen) atoms. The minimum absolute atomic E-state index is 0.0120. The summed E-state index contributed by atoms with van der Waals surface area (Å²) in [5.41, 5.74) is 5.84. The molecule has 0 saturated carbocycles. The molecule has 3 aliphatic heterocycles. The lowest BCUT2D eigenvalue weighted by Crippen LogP contribution is -2.69. The molecule has 0 aliphatic carbocycles. The van der Waals surface area contributed by atoms with Crippen LogP contribution in [0.1, 0.15) is 44.6 Å². The molecule has 16 heteroatoms. The number of carbonyl (C=O) groups is 1. The molecule has 12 nitrogen and oxygen atoms in total. The number of amides is 1. The Labute approximate surface area is 295 Å². The van der Waals surface area contributed by atoms with Crippen molar-refractivity contribution in [3.8, 4) is 23.2 Å². The van der Waals surface area contributed by atoms with Crippen molar-refractivity contribution >= 4 is 60.8 Å². The van der Waals surface area contributed by atoms with E-state index in [9.17, 15) is 14.4 Å². The first kappa shape index (κ1) is 32.5. The van der Waals surface area contributed by atoms with Crippen LogP contribution in [-0.2, 0) is 0 Å². The maximum atomic E-state index is 17.1. The number of benzene rings is 2. The van der Waals surface area contributed by atoms with E-state index in [-0.39, 0.29) is 66.5 Å². The number of nitriles is 1. The van der Waals surface area contributed by atoms with Crippen molar-refractivity contribution in [2.45, 2.75) is 56.7 Å². The van der Waals surface area contributed by atoms with Crippen molar-refractivity contribution in [3.05, 3.63) is 53.1 Å². The molecule has 3 aliphatic rings. The minimum Gasteiger partial charge on any atom is -0.459 e. The lowest BCUT2D eigenvalue weighted by Gasteiger charge is -2.56. The molecule has 5 aromatic rings. The molecule has 258 valence electrons.